The Bertz CT molecular complexity index is 1600. The van der Waals surface area contributed by atoms with E-state index in [1.54, 1.807) is 36.4 Å². The number of para-hydroxylation sites is 1. The van der Waals surface area contributed by atoms with Gasteiger partial charge in [0.05, 0.1) is 27.5 Å². The van der Waals surface area contributed by atoms with Crippen molar-refractivity contribution in [1.29, 1.82) is 0 Å². The van der Waals surface area contributed by atoms with Crippen molar-refractivity contribution < 1.29 is 13.2 Å². The number of aryl methyl sites for hydroxylation is 2. The molecule has 1 aromatic heterocycles. The number of nitrogens with one attached hydrogen (secondary N) is 1. The van der Waals surface area contributed by atoms with Gasteiger partial charge in [-0.3, -0.25) is 9.10 Å². The number of nitrogens with zero attached hydrogens (tertiary/aromatic N) is 3. The zero-order valence-electron chi connectivity index (χ0n) is 21.0. The molecule has 0 unspecified atom stereocenters. The van der Waals surface area contributed by atoms with E-state index in [0.717, 1.165) is 32.5 Å². The maximum absolute atomic E-state index is 13.5. The second-order valence-electron chi connectivity index (χ2n) is 8.71. The van der Waals surface area contributed by atoms with Crippen molar-refractivity contribution in [3.05, 3.63) is 111 Å². The number of carbonyl (C=O) groups is 1. The molecule has 0 saturated heterocycles. The summed E-state index contributed by atoms with van der Waals surface area (Å²) < 4.78 is 30.0. The molecule has 4 rings (SSSR count). The third kappa shape index (κ3) is 5.93. The van der Waals surface area contributed by atoms with E-state index in [1.165, 1.54) is 18.3 Å². The Morgan fingerprint density at radius 1 is 0.974 bits per heavy atom. The molecule has 0 radical (unpaired) electrons. The van der Waals surface area contributed by atoms with Crippen LogP contribution in [0.3, 0.4) is 0 Å². The molecule has 38 heavy (non-hydrogen) atoms. The fourth-order valence-electron chi connectivity index (χ4n) is 4.02. The van der Waals surface area contributed by atoms with E-state index in [9.17, 15) is 13.2 Å². The lowest BCUT2D eigenvalue weighted by Gasteiger charge is -2.23. The predicted molar refractivity (Wildman–Crippen MR) is 153 cm³/mol. The van der Waals surface area contributed by atoms with E-state index in [-0.39, 0.29) is 4.90 Å². The summed E-state index contributed by atoms with van der Waals surface area (Å²) in [6.45, 7) is 5.26. The zero-order valence-corrected chi connectivity index (χ0v) is 23.3. The maximum Gasteiger partial charge on any atom is 0.264 e. The Balaban J connectivity index is 1.56. The van der Waals surface area contributed by atoms with E-state index in [4.69, 9.17) is 23.2 Å². The van der Waals surface area contributed by atoms with Crippen LogP contribution in [0.4, 0.5) is 5.69 Å². The quantitative estimate of drug-likeness (QED) is 0.207. The van der Waals surface area contributed by atoms with Gasteiger partial charge in [0, 0.05) is 22.0 Å². The fraction of sp³-hybridized carbons (Fsp3) is 0.143. The first-order chi connectivity index (χ1) is 18.1. The molecule has 0 aliphatic heterocycles. The Labute approximate surface area is 232 Å². The minimum atomic E-state index is -4.04. The number of anilines is 1. The number of aromatic nitrogens is 1. The van der Waals surface area contributed by atoms with Crippen LogP contribution in [0, 0.1) is 20.8 Å². The molecular weight excluding hydrogens is 543 g/mol. The molecule has 1 N–H and O–H groups in total. The van der Waals surface area contributed by atoms with Crippen LogP contribution in [-0.2, 0) is 14.8 Å². The summed E-state index contributed by atoms with van der Waals surface area (Å²) in [4.78, 5) is 12.9. The van der Waals surface area contributed by atoms with Crippen molar-refractivity contribution in [1.82, 2.24) is 9.99 Å². The highest BCUT2D eigenvalue weighted by Crippen LogP contribution is 2.27. The van der Waals surface area contributed by atoms with Crippen molar-refractivity contribution in [3.63, 3.8) is 0 Å². The van der Waals surface area contributed by atoms with E-state index in [2.05, 4.69) is 10.5 Å². The van der Waals surface area contributed by atoms with Gasteiger partial charge in [0.2, 0.25) is 0 Å². The summed E-state index contributed by atoms with van der Waals surface area (Å²) in [6, 6.07) is 22.1. The predicted octanol–water partition coefficient (Wildman–Crippen LogP) is 6.05. The van der Waals surface area contributed by atoms with Gasteiger partial charge in [-0.05, 0) is 75.4 Å². The van der Waals surface area contributed by atoms with Gasteiger partial charge < -0.3 is 4.57 Å². The van der Waals surface area contributed by atoms with Gasteiger partial charge in [-0.25, -0.2) is 13.8 Å². The monoisotopic (exact) mass is 568 g/mol. The Morgan fingerprint density at radius 3 is 2.29 bits per heavy atom. The van der Waals surface area contributed by atoms with Crippen LogP contribution in [0.2, 0.25) is 10.0 Å². The number of benzene rings is 3. The number of hydrogen-bond donors (Lipinski definition) is 1. The molecule has 4 aromatic rings. The molecular formula is C28H26Cl2N4O3S. The summed E-state index contributed by atoms with van der Waals surface area (Å²) in [5.74, 6) is -0.605. The van der Waals surface area contributed by atoms with Crippen LogP contribution < -0.4 is 9.73 Å². The first kappa shape index (κ1) is 27.4. The number of hydrazone groups is 1. The first-order valence-electron chi connectivity index (χ1n) is 11.7. The van der Waals surface area contributed by atoms with Gasteiger partial charge in [0.25, 0.3) is 15.9 Å². The van der Waals surface area contributed by atoms with Crippen LogP contribution in [0.15, 0.2) is 88.9 Å². The topological polar surface area (TPSA) is 83.8 Å². The minimum absolute atomic E-state index is 0.0707. The van der Waals surface area contributed by atoms with Crippen molar-refractivity contribution >= 4 is 51.0 Å². The highest BCUT2D eigenvalue weighted by molar-refractivity contribution is 7.92. The van der Waals surface area contributed by atoms with E-state index in [0.29, 0.717) is 15.7 Å². The average molecular weight is 570 g/mol. The second-order valence-corrected chi connectivity index (χ2v) is 11.4. The SMILES string of the molecule is Cc1ccc(S(=O)(=O)N(CC(=O)N/N=C\c2cc(C)n(-c3ccccc3Cl)c2C)c2ccc(Cl)cc2)cc1. The van der Waals surface area contributed by atoms with E-state index >= 15 is 0 Å². The standard InChI is InChI=1S/C28H26Cl2N4O3S/c1-19-8-14-25(15-9-19)38(36,37)33(24-12-10-23(29)11-13-24)18-28(35)32-31-17-22-16-20(2)34(21(22)3)27-7-5-4-6-26(27)30/h4-17H,18H2,1-3H3,(H,32,35)/b31-17-. The lowest BCUT2D eigenvalue weighted by Crippen LogP contribution is -2.39. The summed E-state index contributed by atoms with van der Waals surface area (Å²) in [7, 11) is -4.04. The Kier molecular flexibility index (Phi) is 8.26. The summed E-state index contributed by atoms with van der Waals surface area (Å²) >= 11 is 12.4. The smallest absolute Gasteiger partial charge is 0.264 e. The van der Waals surface area contributed by atoms with Gasteiger partial charge in [-0.2, -0.15) is 5.10 Å². The number of rotatable bonds is 8. The summed E-state index contributed by atoms with van der Waals surface area (Å²) in [5.41, 5.74) is 7.12. The molecule has 1 amide bonds. The van der Waals surface area contributed by atoms with Crippen LogP contribution in [-0.4, -0.2) is 31.7 Å². The van der Waals surface area contributed by atoms with Gasteiger partial charge in [-0.1, -0.05) is 53.0 Å². The lowest BCUT2D eigenvalue weighted by molar-refractivity contribution is -0.119. The third-order valence-corrected chi connectivity index (χ3v) is 8.33. The number of halogens is 2. The van der Waals surface area contributed by atoms with E-state index in [1.807, 2.05) is 55.7 Å². The van der Waals surface area contributed by atoms with Crippen molar-refractivity contribution in [2.45, 2.75) is 25.7 Å². The van der Waals surface area contributed by atoms with Crippen molar-refractivity contribution in [3.8, 4) is 5.69 Å². The highest BCUT2D eigenvalue weighted by Gasteiger charge is 2.27. The summed E-state index contributed by atoms with van der Waals surface area (Å²) in [6.07, 6.45) is 1.52. The fourth-order valence-corrected chi connectivity index (χ4v) is 5.79. The summed E-state index contributed by atoms with van der Waals surface area (Å²) in [5, 5.41) is 5.15. The molecule has 196 valence electrons. The van der Waals surface area contributed by atoms with E-state index < -0.39 is 22.5 Å². The molecule has 1 heterocycles. The molecule has 0 fully saturated rings. The molecule has 7 nitrogen and oxygen atoms in total. The van der Waals surface area contributed by atoms with Crippen molar-refractivity contribution in [2.24, 2.45) is 5.10 Å². The molecule has 0 spiro atoms. The normalized spacial score (nSPS) is 11.6. The number of carbonyl (C=O) groups excluding carboxylic acids is 1. The third-order valence-electron chi connectivity index (χ3n) is 5.97. The largest absolute Gasteiger partial charge is 0.316 e. The van der Waals surface area contributed by atoms with Gasteiger partial charge >= 0.3 is 0 Å². The first-order valence-corrected chi connectivity index (χ1v) is 13.9. The number of amides is 1. The molecule has 0 atom stereocenters. The van der Waals surface area contributed by atoms with Gasteiger partial charge in [0.15, 0.2) is 0 Å². The van der Waals surface area contributed by atoms with Crippen LogP contribution >= 0.6 is 23.2 Å². The molecule has 0 saturated carbocycles. The lowest BCUT2D eigenvalue weighted by atomic mass is 10.2. The Morgan fingerprint density at radius 2 is 1.63 bits per heavy atom. The van der Waals surface area contributed by atoms with Crippen LogP contribution in [0.1, 0.15) is 22.5 Å². The maximum atomic E-state index is 13.5. The zero-order chi connectivity index (χ0) is 27.4. The molecule has 3 aromatic carbocycles. The minimum Gasteiger partial charge on any atom is -0.316 e. The molecule has 0 bridgehead atoms. The highest BCUT2D eigenvalue weighted by atomic mass is 35.5. The van der Waals surface area contributed by atoms with Crippen molar-refractivity contribution in [2.75, 3.05) is 10.8 Å². The van der Waals surface area contributed by atoms with Gasteiger partial charge in [-0.15, -0.1) is 0 Å². The molecule has 10 heteroatoms. The number of sulfonamides is 1. The number of hydrogen-bond acceptors (Lipinski definition) is 4. The molecule has 0 aliphatic rings. The Hall–Kier alpha value is -3.59. The van der Waals surface area contributed by atoms with Crippen LogP contribution in [0.5, 0.6) is 0 Å². The second kappa shape index (κ2) is 11.4. The average Bonchev–Trinajstić information content (AvgIpc) is 3.16. The van der Waals surface area contributed by atoms with Gasteiger partial charge in [0.1, 0.15) is 6.54 Å². The van der Waals surface area contributed by atoms with Crippen LogP contribution in [0.25, 0.3) is 5.69 Å². The molecule has 0 aliphatic carbocycles.